The summed E-state index contributed by atoms with van der Waals surface area (Å²) in [6.07, 6.45) is 0.191. The van der Waals surface area contributed by atoms with Crippen LogP contribution in [-0.4, -0.2) is 38.5 Å². The summed E-state index contributed by atoms with van der Waals surface area (Å²) in [6, 6.07) is 8.40. The van der Waals surface area contributed by atoms with Gasteiger partial charge < -0.3 is 5.32 Å². The summed E-state index contributed by atoms with van der Waals surface area (Å²) in [6.45, 7) is 3.93. The molecule has 2 aromatic rings. The molecule has 1 heterocycles. The molecule has 6 nitrogen and oxygen atoms in total. The highest BCUT2D eigenvalue weighted by atomic mass is 32.2. The molecule has 8 heteroatoms. The first-order chi connectivity index (χ1) is 12.6. The number of nitrogens with one attached hydrogen (secondary N) is 1. The van der Waals surface area contributed by atoms with E-state index >= 15 is 0 Å². The van der Waals surface area contributed by atoms with Crippen LogP contribution in [0, 0.1) is 13.8 Å². The number of amides is 1. The van der Waals surface area contributed by atoms with E-state index in [0.29, 0.717) is 11.1 Å². The Kier molecular flexibility index (Phi) is 6.91. The van der Waals surface area contributed by atoms with Gasteiger partial charge in [0.25, 0.3) is 0 Å². The van der Waals surface area contributed by atoms with E-state index in [1.807, 2.05) is 19.9 Å². The maximum Gasteiger partial charge on any atom is 0.242 e. The molecule has 0 bridgehead atoms. The number of benzene rings is 1. The van der Waals surface area contributed by atoms with Gasteiger partial charge in [0.05, 0.1) is 4.90 Å². The average Bonchev–Trinajstić information content (AvgIpc) is 2.96. The molecule has 0 radical (unpaired) electrons. The fourth-order valence-corrected chi connectivity index (χ4v) is 4.71. The first kappa shape index (κ1) is 21.3. The number of hydrogen-bond acceptors (Lipinski definition) is 5. The molecule has 146 valence electrons. The lowest BCUT2D eigenvalue weighted by molar-refractivity contribution is -0.121. The molecule has 1 aromatic carbocycles. The molecule has 0 fully saturated rings. The summed E-state index contributed by atoms with van der Waals surface area (Å²) in [7, 11) is -0.665. The quantitative estimate of drug-likeness (QED) is 0.681. The number of hydrogen-bond donors (Lipinski definition) is 1. The molecule has 0 spiro atoms. The molecule has 0 saturated heterocycles. The first-order valence-electron chi connectivity index (χ1n) is 8.50. The lowest BCUT2D eigenvalue weighted by Gasteiger charge is -2.15. The van der Waals surface area contributed by atoms with E-state index < -0.39 is 10.0 Å². The van der Waals surface area contributed by atoms with Crippen LogP contribution in [0.15, 0.2) is 35.2 Å². The molecule has 0 atom stereocenters. The highest BCUT2D eigenvalue weighted by Gasteiger charge is 2.21. The van der Waals surface area contributed by atoms with Gasteiger partial charge in [0, 0.05) is 48.8 Å². The zero-order valence-corrected chi connectivity index (χ0v) is 17.5. The molecular weight excluding hydrogens is 384 g/mol. The number of aryl methyl sites for hydroxylation is 2. The van der Waals surface area contributed by atoms with Crippen molar-refractivity contribution in [1.82, 2.24) is 9.62 Å². The molecule has 1 amide bonds. The summed E-state index contributed by atoms with van der Waals surface area (Å²) < 4.78 is 25.9. The number of carbonyl (C=O) groups is 2. The molecule has 27 heavy (non-hydrogen) atoms. The second-order valence-electron chi connectivity index (χ2n) is 6.42. The number of rotatable bonds is 8. The van der Waals surface area contributed by atoms with Crippen LogP contribution in [-0.2, 0) is 21.4 Å². The van der Waals surface area contributed by atoms with E-state index in [1.165, 1.54) is 20.2 Å². The average molecular weight is 409 g/mol. The maximum absolute atomic E-state index is 12.4. The van der Waals surface area contributed by atoms with Crippen molar-refractivity contribution in [2.24, 2.45) is 0 Å². The Morgan fingerprint density at radius 1 is 1.11 bits per heavy atom. The summed E-state index contributed by atoms with van der Waals surface area (Å²) in [5.74, 6) is -0.340. The first-order valence-corrected chi connectivity index (χ1v) is 10.8. The molecule has 0 unspecified atom stereocenters. The molecule has 0 saturated carbocycles. The predicted octanol–water partition coefficient (Wildman–Crippen LogP) is 2.89. The minimum absolute atomic E-state index is 0.0532. The Labute approximate surface area is 164 Å². The van der Waals surface area contributed by atoms with Crippen molar-refractivity contribution in [3.8, 4) is 0 Å². The van der Waals surface area contributed by atoms with Gasteiger partial charge in [-0.2, -0.15) is 0 Å². The molecule has 1 aromatic heterocycles. The van der Waals surface area contributed by atoms with Crippen LogP contribution >= 0.6 is 11.3 Å². The van der Waals surface area contributed by atoms with Gasteiger partial charge in [-0.1, -0.05) is 18.2 Å². The number of thiophene rings is 1. The van der Waals surface area contributed by atoms with E-state index in [-0.39, 0.29) is 36.0 Å². The summed E-state index contributed by atoms with van der Waals surface area (Å²) >= 11 is 1.56. The molecule has 0 aliphatic rings. The third-order valence-electron chi connectivity index (χ3n) is 4.13. The molecule has 0 aliphatic heterocycles. The Balaban J connectivity index is 1.97. The van der Waals surface area contributed by atoms with Crippen molar-refractivity contribution < 1.29 is 18.0 Å². The second-order valence-corrected chi connectivity index (χ2v) is 10.0. The Hall–Kier alpha value is -2.03. The second kappa shape index (κ2) is 8.77. The van der Waals surface area contributed by atoms with E-state index in [0.717, 1.165) is 14.1 Å². The maximum atomic E-state index is 12.4. The number of nitrogens with zero attached hydrogens (tertiary/aromatic N) is 1. The minimum Gasteiger partial charge on any atom is -0.352 e. The Morgan fingerprint density at radius 2 is 1.78 bits per heavy atom. The third kappa shape index (κ3) is 5.24. The normalized spacial score (nSPS) is 11.6. The van der Waals surface area contributed by atoms with Crippen LogP contribution in [0.4, 0.5) is 0 Å². The SMILES string of the molecule is Cc1cc(C(=O)CCC(=O)NCc2ccccc2S(=O)(=O)N(C)C)c(C)s1. The fraction of sp³-hybridized carbons (Fsp3) is 0.368. The van der Waals surface area contributed by atoms with Gasteiger partial charge in [0.1, 0.15) is 0 Å². The number of carbonyl (C=O) groups excluding carboxylic acids is 2. The van der Waals surface area contributed by atoms with Crippen LogP contribution in [0.1, 0.15) is 38.5 Å². The van der Waals surface area contributed by atoms with Gasteiger partial charge in [-0.05, 0) is 31.5 Å². The lowest BCUT2D eigenvalue weighted by Crippen LogP contribution is -2.27. The zero-order valence-electron chi connectivity index (χ0n) is 15.9. The zero-order chi connectivity index (χ0) is 20.2. The Bertz CT molecular complexity index is 946. The topological polar surface area (TPSA) is 83.5 Å². The minimum atomic E-state index is -3.59. The van der Waals surface area contributed by atoms with Crippen LogP contribution in [0.5, 0.6) is 0 Å². The van der Waals surface area contributed by atoms with Gasteiger partial charge >= 0.3 is 0 Å². The smallest absolute Gasteiger partial charge is 0.242 e. The van der Waals surface area contributed by atoms with Crippen molar-refractivity contribution in [2.75, 3.05) is 14.1 Å². The van der Waals surface area contributed by atoms with Crippen LogP contribution in [0.2, 0.25) is 0 Å². The van der Waals surface area contributed by atoms with Crippen molar-refractivity contribution in [2.45, 2.75) is 38.1 Å². The Morgan fingerprint density at radius 3 is 2.37 bits per heavy atom. The van der Waals surface area contributed by atoms with Gasteiger partial charge in [0.15, 0.2) is 5.78 Å². The van der Waals surface area contributed by atoms with Crippen LogP contribution in [0.3, 0.4) is 0 Å². The summed E-state index contributed by atoms with van der Waals surface area (Å²) in [5.41, 5.74) is 1.18. The lowest BCUT2D eigenvalue weighted by atomic mass is 10.1. The van der Waals surface area contributed by atoms with Gasteiger partial charge in [-0.15, -0.1) is 11.3 Å². The van der Waals surface area contributed by atoms with Crippen LogP contribution in [0.25, 0.3) is 0 Å². The predicted molar refractivity (Wildman–Crippen MR) is 107 cm³/mol. The fourth-order valence-electron chi connectivity index (χ4n) is 2.65. The van der Waals surface area contributed by atoms with Gasteiger partial charge in [-0.3, -0.25) is 9.59 Å². The third-order valence-corrected chi connectivity index (χ3v) is 7.01. The molecule has 2 rings (SSSR count). The standard InChI is InChI=1S/C19H24N2O4S2/c1-13-11-16(14(2)26-13)17(22)9-10-19(23)20-12-15-7-5-6-8-18(15)27(24,25)21(3)4/h5-8,11H,9-10,12H2,1-4H3,(H,20,23). The van der Waals surface area contributed by atoms with E-state index in [9.17, 15) is 18.0 Å². The van der Waals surface area contributed by atoms with Crippen molar-refractivity contribution in [1.29, 1.82) is 0 Å². The number of sulfonamides is 1. The summed E-state index contributed by atoms with van der Waals surface area (Å²) in [5, 5.41) is 2.71. The highest BCUT2D eigenvalue weighted by Crippen LogP contribution is 2.22. The van der Waals surface area contributed by atoms with E-state index in [1.54, 1.807) is 29.5 Å². The van der Waals surface area contributed by atoms with E-state index in [2.05, 4.69) is 5.32 Å². The molecule has 0 aliphatic carbocycles. The largest absolute Gasteiger partial charge is 0.352 e. The highest BCUT2D eigenvalue weighted by molar-refractivity contribution is 7.89. The number of ketones is 1. The number of Topliss-reactive ketones (excluding diaryl/α,β-unsaturated/α-hetero) is 1. The van der Waals surface area contributed by atoms with Crippen molar-refractivity contribution in [3.05, 3.63) is 51.2 Å². The van der Waals surface area contributed by atoms with Crippen molar-refractivity contribution >= 4 is 33.1 Å². The van der Waals surface area contributed by atoms with E-state index in [4.69, 9.17) is 0 Å². The van der Waals surface area contributed by atoms with Gasteiger partial charge in [-0.25, -0.2) is 12.7 Å². The van der Waals surface area contributed by atoms with Crippen LogP contribution < -0.4 is 5.32 Å². The summed E-state index contributed by atoms with van der Waals surface area (Å²) in [4.78, 5) is 26.6. The van der Waals surface area contributed by atoms with Crippen molar-refractivity contribution in [3.63, 3.8) is 0 Å². The molecule has 1 N–H and O–H groups in total. The van der Waals surface area contributed by atoms with Gasteiger partial charge in [0.2, 0.25) is 15.9 Å². The monoisotopic (exact) mass is 408 g/mol. The molecular formula is C19H24N2O4S2.